The van der Waals surface area contributed by atoms with Gasteiger partial charge in [0.25, 0.3) is 0 Å². The molecule has 0 saturated carbocycles. The predicted molar refractivity (Wildman–Crippen MR) is 49.9 cm³/mol. The summed E-state index contributed by atoms with van der Waals surface area (Å²) in [4.78, 5) is 0. The van der Waals surface area contributed by atoms with Crippen LogP contribution in [-0.4, -0.2) is 42.8 Å². The third-order valence-electron chi connectivity index (χ3n) is 2.04. The monoisotopic (exact) mass is 193 g/mol. The molecule has 0 aliphatic carbocycles. The average molecular weight is 193 g/mol. The minimum absolute atomic E-state index is 0.164. The van der Waals surface area contributed by atoms with Crippen molar-refractivity contribution in [3.05, 3.63) is 0 Å². The van der Waals surface area contributed by atoms with Crippen LogP contribution in [0.5, 0.6) is 0 Å². The third kappa shape index (κ3) is 2.27. The van der Waals surface area contributed by atoms with Crippen LogP contribution in [-0.2, 0) is 13.3 Å². The van der Waals surface area contributed by atoms with E-state index in [1.807, 2.05) is 7.05 Å². The Balaban J connectivity index is 4.42. The van der Waals surface area contributed by atoms with E-state index in [-0.39, 0.29) is 5.67 Å². The van der Waals surface area contributed by atoms with Crippen LogP contribution in [0.4, 0.5) is 0 Å². The van der Waals surface area contributed by atoms with Gasteiger partial charge in [-0.1, -0.05) is 6.92 Å². The largest absolute Gasteiger partial charge is 0.517 e. The second-order valence-electron chi connectivity index (χ2n) is 2.47. The van der Waals surface area contributed by atoms with Gasteiger partial charge in [-0.2, -0.15) is 0 Å². The minimum Gasteiger partial charge on any atom is -0.376 e. The molecule has 0 heterocycles. The summed E-state index contributed by atoms with van der Waals surface area (Å²) in [5.74, 6) is 0. The van der Waals surface area contributed by atoms with E-state index in [1.165, 1.54) is 0 Å². The summed E-state index contributed by atoms with van der Waals surface area (Å²) in [6.45, 7) is 2.07. The first-order valence-electron chi connectivity index (χ1n) is 4.03. The Labute approximate surface area is 75.6 Å². The van der Waals surface area contributed by atoms with Crippen molar-refractivity contribution in [2.45, 2.75) is 19.0 Å². The van der Waals surface area contributed by atoms with Crippen LogP contribution in [0, 0.1) is 0 Å². The molecule has 0 unspecified atom stereocenters. The van der Waals surface area contributed by atoms with Gasteiger partial charge in [0.05, 0.1) is 5.67 Å². The molecule has 4 nitrogen and oxygen atoms in total. The van der Waals surface area contributed by atoms with E-state index < -0.39 is 8.80 Å². The first-order chi connectivity index (χ1) is 5.70. The second kappa shape index (κ2) is 5.66. The molecule has 0 aromatic heterocycles. The lowest BCUT2D eigenvalue weighted by Gasteiger charge is -2.31. The van der Waals surface area contributed by atoms with E-state index in [4.69, 9.17) is 13.3 Å². The maximum atomic E-state index is 5.31. The number of nitrogens with one attached hydrogen (secondary N) is 1. The normalized spacial score (nSPS) is 14.8. The summed E-state index contributed by atoms with van der Waals surface area (Å²) >= 11 is 0. The zero-order valence-electron chi connectivity index (χ0n) is 8.51. The summed E-state index contributed by atoms with van der Waals surface area (Å²) < 4.78 is 15.9. The van der Waals surface area contributed by atoms with E-state index in [1.54, 1.807) is 21.3 Å². The van der Waals surface area contributed by atoms with Crippen LogP contribution >= 0.6 is 0 Å². The molecule has 1 N–H and O–H groups in total. The van der Waals surface area contributed by atoms with E-state index in [9.17, 15) is 0 Å². The van der Waals surface area contributed by atoms with Crippen LogP contribution in [0.15, 0.2) is 0 Å². The number of rotatable bonds is 6. The van der Waals surface area contributed by atoms with Gasteiger partial charge in [-0.05, 0) is 13.5 Å². The lowest BCUT2D eigenvalue weighted by Crippen LogP contribution is -2.59. The van der Waals surface area contributed by atoms with Crippen LogP contribution in [0.3, 0.4) is 0 Å². The maximum absolute atomic E-state index is 5.31. The number of hydrogen-bond donors (Lipinski definition) is 1. The first kappa shape index (κ1) is 12.1. The predicted octanol–water partition coefficient (Wildman–Crippen LogP) is 0.402. The minimum atomic E-state index is -2.46. The summed E-state index contributed by atoms with van der Waals surface area (Å²) in [5.41, 5.74) is 0.164. The molecule has 5 heteroatoms. The SMILES string of the molecule is CC[C@@H](NC)[Si](OC)(OC)OC. The van der Waals surface area contributed by atoms with E-state index >= 15 is 0 Å². The quantitative estimate of drug-likeness (QED) is 0.620. The third-order valence-corrected chi connectivity index (χ3v) is 5.29. The summed E-state index contributed by atoms with van der Waals surface area (Å²) in [6.07, 6.45) is 0.929. The van der Waals surface area contributed by atoms with Crippen molar-refractivity contribution in [1.82, 2.24) is 5.32 Å². The molecule has 1 atom stereocenters. The van der Waals surface area contributed by atoms with Gasteiger partial charge in [0, 0.05) is 21.3 Å². The van der Waals surface area contributed by atoms with Crippen molar-refractivity contribution >= 4 is 8.80 Å². The molecule has 0 aromatic carbocycles. The van der Waals surface area contributed by atoms with Crippen LogP contribution in [0.1, 0.15) is 13.3 Å². The molecule has 0 amide bonds. The lowest BCUT2D eigenvalue weighted by atomic mass is 10.5. The van der Waals surface area contributed by atoms with Gasteiger partial charge < -0.3 is 18.6 Å². The summed E-state index contributed by atoms with van der Waals surface area (Å²) in [7, 11) is 4.30. The Morgan fingerprint density at radius 2 is 1.58 bits per heavy atom. The van der Waals surface area contributed by atoms with Gasteiger partial charge in [-0.25, -0.2) is 0 Å². The van der Waals surface area contributed by atoms with Gasteiger partial charge in [0.2, 0.25) is 0 Å². The highest BCUT2D eigenvalue weighted by molar-refractivity contribution is 6.62. The zero-order chi connectivity index (χ0) is 9.61. The molecule has 0 rings (SSSR count). The van der Waals surface area contributed by atoms with Crippen molar-refractivity contribution in [3.63, 3.8) is 0 Å². The molecule has 0 aliphatic rings. The van der Waals surface area contributed by atoms with Crippen LogP contribution in [0.25, 0.3) is 0 Å². The first-order valence-corrected chi connectivity index (χ1v) is 5.83. The van der Waals surface area contributed by atoms with Crippen molar-refractivity contribution in [2.75, 3.05) is 28.4 Å². The molecular weight excluding hydrogens is 174 g/mol. The van der Waals surface area contributed by atoms with Gasteiger partial charge in [0.15, 0.2) is 0 Å². The van der Waals surface area contributed by atoms with Crippen molar-refractivity contribution in [1.29, 1.82) is 0 Å². The number of hydrogen-bond acceptors (Lipinski definition) is 4. The molecule has 0 aliphatic heterocycles. The Morgan fingerprint density at radius 3 is 1.67 bits per heavy atom. The maximum Gasteiger partial charge on any atom is 0.517 e. The smallest absolute Gasteiger partial charge is 0.376 e. The summed E-state index contributed by atoms with van der Waals surface area (Å²) in [6, 6.07) is 0. The van der Waals surface area contributed by atoms with E-state index in [2.05, 4.69) is 12.2 Å². The fourth-order valence-electron chi connectivity index (χ4n) is 1.31. The Hall–Kier alpha value is 0.0569. The van der Waals surface area contributed by atoms with Gasteiger partial charge in [0.1, 0.15) is 0 Å². The Kier molecular flexibility index (Phi) is 5.69. The van der Waals surface area contributed by atoms with Gasteiger partial charge in [-0.3, -0.25) is 0 Å². The molecule has 74 valence electrons. The highest BCUT2D eigenvalue weighted by Crippen LogP contribution is 2.13. The molecule has 0 aromatic rings. The molecule has 12 heavy (non-hydrogen) atoms. The Bertz CT molecular complexity index is 107. The van der Waals surface area contributed by atoms with Gasteiger partial charge in [-0.15, -0.1) is 0 Å². The average Bonchev–Trinajstić information content (AvgIpc) is 2.14. The molecule has 0 saturated heterocycles. The fraction of sp³-hybridized carbons (Fsp3) is 1.00. The fourth-order valence-corrected chi connectivity index (χ4v) is 3.51. The second-order valence-corrected chi connectivity index (χ2v) is 5.59. The molecule has 0 spiro atoms. The summed E-state index contributed by atoms with van der Waals surface area (Å²) in [5, 5.41) is 3.13. The molecule has 0 bridgehead atoms. The molecular formula is C7H19NO3Si. The standard InChI is InChI=1S/C7H19NO3Si/c1-6-7(8-2)12(9-3,10-4)11-5/h7-8H,6H2,1-5H3/t7-/m0/s1. The topological polar surface area (TPSA) is 39.7 Å². The van der Waals surface area contributed by atoms with Gasteiger partial charge >= 0.3 is 8.80 Å². The molecule has 0 fully saturated rings. The Morgan fingerprint density at radius 1 is 1.17 bits per heavy atom. The van der Waals surface area contributed by atoms with E-state index in [0.717, 1.165) is 6.42 Å². The van der Waals surface area contributed by atoms with Crippen molar-refractivity contribution in [3.8, 4) is 0 Å². The molecule has 0 radical (unpaired) electrons. The highest BCUT2D eigenvalue weighted by Gasteiger charge is 2.45. The lowest BCUT2D eigenvalue weighted by molar-refractivity contribution is 0.107. The van der Waals surface area contributed by atoms with Crippen molar-refractivity contribution < 1.29 is 13.3 Å². The highest BCUT2D eigenvalue weighted by atomic mass is 28.4. The zero-order valence-corrected chi connectivity index (χ0v) is 9.51. The van der Waals surface area contributed by atoms with Crippen molar-refractivity contribution in [2.24, 2.45) is 0 Å². The van der Waals surface area contributed by atoms with Crippen LogP contribution < -0.4 is 5.32 Å². The van der Waals surface area contributed by atoms with E-state index in [0.29, 0.717) is 0 Å². The van der Waals surface area contributed by atoms with Crippen LogP contribution in [0.2, 0.25) is 0 Å².